The van der Waals surface area contributed by atoms with Gasteiger partial charge in [0.1, 0.15) is 11.3 Å². The van der Waals surface area contributed by atoms with E-state index in [9.17, 15) is 9.59 Å². The predicted molar refractivity (Wildman–Crippen MR) is 121 cm³/mol. The molecule has 2 aromatic carbocycles. The second-order valence-electron chi connectivity index (χ2n) is 8.97. The average Bonchev–Trinajstić information content (AvgIpc) is 3.05. The zero-order valence-corrected chi connectivity index (χ0v) is 18.5. The highest BCUT2D eigenvalue weighted by molar-refractivity contribution is 6.02. The Morgan fingerprint density at radius 1 is 1.06 bits per heavy atom. The van der Waals surface area contributed by atoms with Crippen LogP contribution in [-0.2, 0) is 17.8 Å². The first-order valence-electron chi connectivity index (χ1n) is 11.4. The van der Waals surface area contributed by atoms with Gasteiger partial charge in [0, 0.05) is 23.6 Å². The van der Waals surface area contributed by atoms with E-state index in [1.807, 2.05) is 55.5 Å². The third-order valence-corrected chi connectivity index (χ3v) is 6.82. The summed E-state index contributed by atoms with van der Waals surface area (Å²) in [4.78, 5) is 29.0. The van der Waals surface area contributed by atoms with Crippen LogP contribution in [-0.4, -0.2) is 35.4 Å². The minimum Gasteiger partial charge on any atom is -0.496 e. The largest absolute Gasteiger partial charge is 0.496 e. The quantitative estimate of drug-likeness (QED) is 0.725. The molecule has 31 heavy (non-hydrogen) atoms. The number of nitrogens with zero attached hydrogens (tertiary/aromatic N) is 1. The summed E-state index contributed by atoms with van der Waals surface area (Å²) in [5.74, 6) is 0.559. The fourth-order valence-electron chi connectivity index (χ4n) is 4.94. The molecule has 5 heteroatoms. The number of rotatable bonds is 5. The Morgan fingerprint density at radius 2 is 1.74 bits per heavy atom. The average molecular weight is 421 g/mol. The fourth-order valence-corrected chi connectivity index (χ4v) is 4.94. The van der Waals surface area contributed by atoms with Crippen LogP contribution < -0.4 is 10.1 Å². The molecule has 164 valence electrons. The number of hydrogen-bond acceptors (Lipinski definition) is 3. The topological polar surface area (TPSA) is 58.6 Å². The molecule has 0 bridgehead atoms. The lowest BCUT2D eigenvalue weighted by atomic mass is 9.82. The first kappa shape index (κ1) is 21.4. The van der Waals surface area contributed by atoms with Crippen molar-refractivity contribution >= 4 is 11.8 Å². The molecular formula is C26H32N2O3. The van der Waals surface area contributed by atoms with Gasteiger partial charge in [0.15, 0.2) is 0 Å². The number of amides is 2. The van der Waals surface area contributed by atoms with Crippen LogP contribution in [0.15, 0.2) is 48.5 Å². The van der Waals surface area contributed by atoms with Crippen LogP contribution in [0.1, 0.15) is 66.9 Å². The molecule has 1 heterocycles. The summed E-state index contributed by atoms with van der Waals surface area (Å²) in [6.07, 6.45) is 7.29. The molecule has 1 saturated carbocycles. The molecular weight excluding hydrogens is 388 g/mol. The van der Waals surface area contributed by atoms with Gasteiger partial charge in [0.25, 0.3) is 5.91 Å². The number of fused-ring (bicyclic) bond motifs is 1. The number of carbonyl (C=O) groups excluding carboxylic acids is 2. The molecule has 0 unspecified atom stereocenters. The third kappa shape index (κ3) is 4.32. The maximum atomic E-state index is 13.7. The normalized spacial score (nSPS) is 21.9. The molecule has 0 saturated heterocycles. The molecule has 0 radical (unpaired) electrons. The van der Waals surface area contributed by atoms with Gasteiger partial charge < -0.3 is 15.0 Å². The first-order valence-corrected chi connectivity index (χ1v) is 11.4. The van der Waals surface area contributed by atoms with E-state index in [1.54, 1.807) is 12.0 Å². The van der Waals surface area contributed by atoms with Crippen LogP contribution >= 0.6 is 0 Å². The lowest BCUT2D eigenvalue weighted by molar-refractivity contribution is -0.132. The van der Waals surface area contributed by atoms with Crippen molar-refractivity contribution in [2.75, 3.05) is 7.11 Å². The van der Waals surface area contributed by atoms with E-state index in [4.69, 9.17) is 4.74 Å². The number of para-hydroxylation sites is 1. The summed E-state index contributed by atoms with van der Waals surface area (Å²) in [7, 11) is 1.63. The molecule has 1 N–H and O–H groups in total. The van der Waals surface area contributed by atoms with Crippen LogP contribution in [0.25, 0.3) is 0 Å². The number of hydrogen-bond donors (Lipinski definition) is 1. The van der Waals surface area contributed by atoms with Gasteiger partial charge in [-0.3, -0.25) is 9.59 Å². The predicted octanol–water partition coefficient (Wildman–Crippen LogP) is 4.49. The minimum absolute atomic E-state index is 0.0582. The summed E-state index contributed by atoms with van der Waals surface area (Å²) in [5, 5.41) is 3.30. The van der Waals surface area contributed by atoms with Gasteiger partial charge in [0.2, 0.25) is 5.91 Å². The second kappa shape index (κ2) is 9.13. The highest BCUT2D eigenvalue weighted by Crippen LogP contribution is 2.34. The van der Waals surface area contributed by atoms with E-state index < -0.39 is 5.54 Å². The Bertz CT molecular complexity index is 949. The molecule has 0 spiro atoms. The number of methoxy groups -OCH3 is 1. The molecule has 1 fully saturated rings. The van der Waals surface area contributed by atoms with Crippen molar-refractivity contribution in [3.05, 3.63) is 65.2 Å². The fraction of sp³-hybridized carbons (Fsp3) is 0.462. The van der Waals surface area contributed by atoms with Gasteiger partial charge in [-0.25, -0.2) is 0 Å². The summed E-state index contributed by atoms with van der Waals surface area (Å²) in [5.41, 5.74) is 1.55. The minimum atomic E-state index is -0.960. The summed E-state index contributed by atoms with van der Waals surface area (Å²) in [6.45, 7) is 2.23. The third-order valence-electron chi connectivity index (χ3n) is 6.82. The monoisotopic (exact) mass is 420 g/mol. The molecule has 0 aromatic heterocycles. The SMILES string of the molecule is COc1ccccc1CN1C(=O)c2ccccc2C[C@]1(C)C(=O)NC1CCCCCC1. The van der Waals surface area contributed by atoms with Crippen LogP contribution in [0.5, 0.6) is 5.75 Å². The summed E-state index contributed by atoms with van der Waals surface area (Å²) >= 11 is 0. The van der Waals surface area contributed by atoms with Gasteiger partial charge >= 0.3 is 0 Å². The molecule has 1 aliphatic carbocycles. The summed E-state index contributed by atoms with van der Waals surface area (Å²) < 4.78 is 5.52. The lowest BCUT2D eigenvalue weighted by Gasteiger charge is -2.44. The van der Waals surface area contributed by atoms with E-state index in [0.717, 1.165) is 42.6 Å². The van der Waals surface area contributed by atoms with Gasteiger partial charge in [-0.2, -0.15) is 0 Å². The highest BCUT2D eigenvalue weighted by atomic mass is 16.5. The number of benzene rings is 2. The van der Waals surface area contributed by atoms with Crippen molar-refractivity contribution in [2.45, 2.75) is 70.0 Å². The second-order valence-corrected chi connectivity index (χ2v) is 8.97. The Labute approximate surface area is 184 Å². The van der Waals surface area contributed by atoms with Crippen molar-refractivity contribution in [3.8, 4) is 5.75 Å². The number of ether oxygens (including phenoxy) is 1. The van der Waals surface area contributed by atoms with Crippen molar-refractivity contribution in [1.29, 1.82) is 0 Å². The molecule has 2 aromatic rings. The highest BCUT2D eigenvalue weighted by Gasteiger charge is 2.47. The number of nitrogens with one attached hydrogen (secondary N) is 1. The standard InChI is InChI=1S/C26H32N2O3/c1-26(25(30)27-21-13-5-3-4-6-14-21)17-19-11-7-9-15-22(19)24(29)28(26)18-20-12-8-10-16-23(20)31-2/h7-12,15-16,21H,3-6,13-14,17-18H2,1-2H3,(H,27,30)/t26-/m1/s1. The Morgan fingerprint density at radius 3 is 2.48 bits per heavy atom. The van der Waals surface area contributed by atoms with Crippen molar-refractivity contribution < 1.29 is 14.3 Å². The lowest BCUT2D eigenvalue weighted by Crippen LogP contribution is -2.63. The zero-order chi connectivity index (χ0) is 21.8. The van der Waals surface area contributed by atoms with Crippen molar-refractivity contribution in [1.82, 2.24) is 10.2 Å². The van der Waals surface area contributed by atoms with Gasteiger partial charge in [0.05, 0.1) is 13.7 Å². The molecule has 4 rings (SSSR count). The Balaban J connectivity index is 1.68. The maximum absolute atomic E-state index is 13.7. The molecule has 2 amide bonds. The maximum Gasteiger partial charge on any atom is 0.255 e. The van der Waals surface area contributed by atoms with Crippen LogP contribution in [0.3, 0.4) is 0 Å². The molecule has 1 aliphatic heterocycles. The van der Waals surface area contributed by atoms with Gasteiger partial charge in [-0.05, 0) is 37.5 Å². The van der Waals surface area contributed by atoms with Crippen molar-refractivity contribution in [3.63, 3.8) is 0 Å². The Hall–Kier alpha value is -2.82. The smallest absolute Gasteiger partial charge is 0.255 e. The van der Waals surface area contributed by atoms with Gasteiger partial charge in [-0.1, -0.05) is 62.1 Å². The van der Waals surface area contributed by atoms with E-state index in [-0.39, 0.29) is 17.9 Å². The summed E-state index contributed by atoms with van der Waals surface area (Å²) in [6, 6.07) is 15.5. The molecule has 5 nitrogen and oxygen atoms in total. The van der Waals surface area contributed by atoms with Crippen LogP contribution in [0.2, 0.25) is 0 Å². The van der Waals surface area contributed by atoms with E-state index in [2.05, 4.69) is 5.32 Å². The Kier molecular flexibility index (Phi) is 6.30. The molecule has 1 atom stereocenters. The zero-order valence-electron chi connectivity index (χ0n) is 18.5. The van der Waals surface area contributed by atoms with Crippen molar-refractivity contribution in [2.24, 2.45) is 0 Å². The molecule has 2 aliphatic rings. The van der Waals surface area contributed by atoms with E-state index >= 15 is 0 Å². The number of carbonyl (C=O) groups is 2. The van der Waals surface area contributed by atoms with Gasteiger partial charge in [-0.15, -0.1) is 0 Å². The van der Waals surface area contributed by atoms with E-state index in [1.165, 1.54) is 12.8 Å². The van der Waals surface area contributed by atoms with Crippen LogP contribution in [0, 0.1) is 0 Å². The first-order chi connectivity index (χ1) is 15.0. The van der Waals surface area contributed by atoms with Crippen LogP contribution in [0.4, 0.5) is 0 Å². The van der Waals surface area contributed by atoms with E-state index in [0.29, 0.717) is 18.5 Å².